The molecule has 8 heteroatoms. The molecule has 4 rings (SSSR count). The quantitative estimate of drug-likeness (QED) is 0.709. The number of thioether (sulfide) groups is 1. The fraction of sp³-hybridized carbons (Fsp3) is 0.318. The highest BCUT2D eigenvalue weighted by Crippen LogP contribution is 2.27. The zero-order valence-corrected chi connectivity index (χ0v) is 17.4. The molecule has 0 bridgehead atoms. The molecule has 2 heterocycles. The van der Waals surface area contributed by atoms with Crippen molar-refractivity contribution in [2.24, 2.45) is 0 Å². The molecule has 2 unspecified atom stereocenters. The third-order valence-corrected chi connectivity index (χ3v) is 6.21. The first-order valence-corrected chi connectivity index (χ1v) is 10.8. The first kappa shape index (κ1) is 20.3. The first-order chi connectivity index (χ1) is 14.5. The molecule has 7 nitrogen and oxygen atoms in total. The summed E-state index contributed by atoms with van der Waals surface area (Å²) in [5, 5.41) is 4.69. The van der Waals surface area contributed by atoms with Crippen LogP contribution in [0, 0.1) is 0 Å². The summed E-state index contributed by atoms with van der Waals surface area (Å²) in [6.45, 7) is 3.15. The van der Waals surface area contributed by atoms with Gasteiger partial charge in [0, 0.05) is 0 Å². The van der Waals surface area contributed by atoms with Gasteiger partial charge in [0.25, 0.3) is 11.1 Å². The second-order valence-corrected chi connectivity index (χ2v) is 8.36. The minimum absolute atomic E-state index is 0.0407. The van der Waals surface area contributed by atoms with Gasteiger partial charge in [-0.2, -0.15) is 0 Å². The number of benzene rings is 2. The predicted molar refractivity (Wildman–Crippen MR) is 116 cm³/mol. The van der Waals surface area contributed by atoms with Crippen molar-refractivity contribution in [2.75, 3.05) is 18.1 Å². The lowest BCUT2D eigenvalue weighted by atomic mass is 10.1. The number of anilines is 1. The lowest BCUT2D eigenvalue weighted by molar-refractivity contribution is -0.118. The minimum Gasteiger partial charge on any atom is -0.492 e. The van der Waals surface area contributed by atoms with Crippen LogP contribution in [0.1, 0.15) is 29.3 Å². The zero-order valence-electron chi connectivity index (χ0n) is 16.6. The fourth-order valence-corrected chi connectivity index (χ4v) is 4.57. The van der Waals surface area contributed by atoms with Gasteiger partial charge < -0.3 is 15.0 Å². The molecule has 2 N–H and O–H groups in total. The Morgan fingerprint density at radius 3 is 2.53 bits per heavy atom. The largest absolute Gasteiger partial charge is 0.492 e. The van der Waals surface area contributed by atoms with Gasteiger partial charge in [-0.3, -0.25) is 19.7 Å². The van der Waals surface area contributed by atoms with Crippen LogP contribution < -0.4 is 20.3 Å². The van der Waals surface area contributed by atoms with Crippen molar-refractivity contribution in [1.29, 1.82) is 0 Å². The molecule has 0 aliphatic carbocycles. The van der Waals surface area contributed by atoms with Crippen molar-refractivity contribution in [3.05, 3.63) is 59.7 Å². The summed E-state index contributed by atoms with van der Waals surface area (Å²) in [6, 6.07) is 15.2. The van der Waals surface area contributed by atoms with Gasteiger partial charge in [0.2, 0.25) is 5.91 Å². The van der Waals surface area contributed by atoms with Crippen molar-refractivity contribution in [2.45, 2.75) is 31.2 Å². The van der Waals surface area contributed by atoms with E-state index >= 15 is 0 Å². The van der Waals surface area contributed by atoms with E-state index in [0.717, 1.165) is 35.2 Å². The van der Waals surface area contributed by atoms with Crippen LogP contribution in [0.25, 0.3) is 0 Å². The predicted octanol–water partition coefficient (Wildman–Crippen LogP) is 2.95. The molecule has 2 atom stereocenters. The molecule has 2 aromatic rings. The van der Waals surface area contributed by atoms with E-state index in [-0.39, 0.29) is 28.5 Å². The van der Waals surface area contributed by atoms with Crippen molar-refractivity contribution in [3.8, 4) is 5.75 Å². The van der Waals surface area contributed by atoms with E-state index in [9.17, 15) is 14.4 Å². The van der Waals surface area contributed by atoms with E-state index < -0.39 is 0 Å². The van der Waals surface area contributed by atoms with Crippen LogP contribution in [-0.4, -0.2) is 41.6 Å². The van der Waals surface area contributed by atoms with Gasteiger partial charge in [-0.1, -0.05) is 43.0 Å². The van der Waals surface area contributed by atoms with Crippen LogP contribution >= 0.6 is 11.8 Å². The summed E-state index contributed by atoms with van der Waals surface area (Å²) >= 11 is 1.03. The van der Waals surface area contributed by atoms with Crippen molar-refractivity contribution < 1.29 is 19.1 Å². The number of carbonyl (C=O) groups is 3. The Labute approximate surface area is 179 Å². The number of carbonyl (C=O) groups excluding carboxylic acids is 3. The van der Waals surface area contributed by atoms with E-state index in [4.69, 9.17) is 4.74 Å². The molecule has 30 heavy (non-hydrogen) atoms. The third-order valence-electron chi connectivity index (χ3n) is 5.23. The highest BCUT2D eigenvalue weighted by molar-refractivity contribution is 8.15. The molecule has 2 aromatic carbocycles. The number of nitrogens with zero attached hydrogens (tertiary/aromatic N) is 1. The standard InChI is InChI=1S/C22H23N3O4S/c1-2-19-23-20(26)16-5-3-4-6-17(16)25(19)11-12-29-15-9-7-14(8-10-15)13-18-21(27)24-22(28)30-18/h3-10,18-19H,2,11-13H2,1H3,(H,23,26)(H,24,27,28). The average molecular weight is 426 g/mol. The summed E-state index contributed by atoms with van der Waals surface area (Å²) in [6.07, 6.45) is 1.24. The van der Waals surface area contributed by atoms with Crippen molar-refractivity contribution >= 4 is 34.5 Å². The Kier molecular flexibility index (Phi) is 5.94. The molecular weight excluding hydrogens is 402 g/mol. The summed E-state index contributed by atoms with van der Waals surface area (Å²) < 4.78 is 5.91. The maximum atomic E-state index is 12.3. The Morgan fingerprint density at radius 1 is 1.07 bits per heavy atom. The number of para-hydroxylation sites is 1. The third kappa shape index (κ3) is 4.28. The SMILES string of the molecule is CCC1NC(=O)c2ccccc2N1CCOc1ccc(CC2SC(=O)NC2=O)cc1. The van der Waals surface area contributed by atoms with Crippen molar-refractivity contribution in [1.82, 2.24) is 10.6 Å². The highest BCUT2D eigenvalue weighted by Gasteiger charge is 2.31. The number of hydrogen-bond acceptors (Lipinski definition) is 6. The molecule has 0 radical (unpaired) electrons. The van der Waals surface area contributed by atoms with Crippen LogP contribution in [0.2, 0.25) is 0 Å². The van der Waals surface area contributed by atoms with Gasteiger partial charge in [-0.15, -0.1) is 0 Å². The minimum atomic E-state index is -0.371. The Bertz CT molecular complexity index is 963. The van der Waals surface area contributed by atoms with Gasteiger partial charge >= 0.3 is 0 Å². The van der Waals surface area contributed by atoms with E-state index in [1.165, 1.54) is 0 Å². The van der Waals surface area contributed by atoms with Crippen LogP contribution in [0.15, 0.2) is 48.5 Å². The van der Waals surface area contributed by atoms with E-state index in [1.54, 1.807) is 0 Å². The smallest absolute Gasteiger partial charge is 0.286 e. The Hall–Kier alpha value is -3.00. The maximum Gasteiger partial charge on any atom is 0.286 e. The lowest BCUT2D eigenvalue weighted by Crippen LogP contribution is -2.53. The summed E-state index contributed by atoms with van der Waals surface area (Å²) in [7, 11) is 0. The fourth-order valence-electron chi connectivity index (χ4n) is 3.72. The second kappa shape index (κ2) is 8.79. The molecule has 3 amide bonds. The first-order valence-electron chi connectivity index (χ1n) is 9.95. The normalized spacial score (nSPS) is 20.6. The molecule has 2 aliphatic heterocycles. The number of nitrogens with one attached hydrogen (secondary N) is 2. The summed E-state index contributed by atoms with van der Waals surface area (Å²) in [4.78, 5) is 37.4. The monoisotopic (exact) mass is 425 g/mol. The second-order valence-electron chi connectivity index (χ2n) is 7.19. The number of amides is 3. The molecule has 0 aromatic heterocycles. The topological polar surface area (TPSA) is 87.7 Å². The molecule has 0 saturated carbocycles. The Morgan fingerprint density at radius 2 is 1.83 bits per heavy atom. The number of rotatable bonds is 7. The van der Waals surface area contributed by atoms with Crippen LogP contribution in [-0.2, 0) is 11.2 Å². The Balaban J connectivity index is 1.35. The van der Waals surface area contributed by atoms with Gasteiger partial charge in [-0.25, -0.2) is 0 Å². The van der Waals surface area contributed by atoms with Gasteiger partial charge in [0.1, 0.15) is 18.5 Å². The average Bonchev–Trinajstić information content (AvgIpc) is 3.07. The van der Waals surface area contributed by atoms with Crippen LogP contribution in [0.4, 0.5) is 10.5 Å². The highest BCUT2D eigenvalue weighted by atomic mass is 32.2. The summed E-state index contributed by atoms with van der Waals surface area (Å²) in [5.74, 6) is 0.464. The lowest BCUT2D eigenvalue weighted by Gasteiger charge is -2.38. The van der Waals surface area contributed by atoms with E-state index in [0.29, 0.717) is 25.1 Å². The molecule has 1 fully saturated rings. The van der Waals surface area contributed by atoms with Gasteiger partial charge in [0.05, 0.1) is 23.0 Å². The number of ether oxygens (including phenoxy) is 1. The molecule has 0 spiro atoms. The number of fused-ring (bicyclic) bond motifs is 1. The zero-order chi connectivity index (χ0) is 21.1. The molecule has 1 saturated heterocycles. The number of imide groups is 1. The van der Waals surface area contributed by atoms with Crippen molar-refractivity contribution in [3.63, 3.8) is 0 Å². The van der Waals surface area contributed by atoms with Gasteiger partial charge in [0.15, 0.2) is 0 Å². The van der Waals surface area contributed by atoms with E-state index in [1.807, 2.05) is 55.5 Å². The molecular formula is C22H23N3O4S. The van der Waals surface area contributed by atoms with Crippen LogP contribution in [0.5, 0.6) is 5.75 Å². The van der Waals surface area contributed by atoms with Crippen LogP contribution in [0.3, 0.4) is 0 Å². The summed E-state index contributed by atoms with van der Waals surface area (Å²) in [5.41, 5.74) is 2.58. The van der Waals surface area contributed by atoms with Gasteiger partial charge in [-0.05, 0) is 42.7 Å². The molecule has 156 valence electrons. The molecule has 2 aliphatic rings. The maximum absolute atomic E-state index is 12.3. The van der Waals surface area contributed by atoms with E-state index in [2.05, 4.69) is 15.5 Å². The number of hydrogen-bond donors (Lipinski definition) is 2.